The van der Waals surface area contributed by atoms with Crippen molar-refractivity contribution in [2.75, 3.05) is 55.3 Å². The predicted octanol–water partition coefficient (Wildman–Crippen LogP) is 0.620. The Labute approximate surface area is 141 Å². The van der Waals surface area contributed by atoms with Crippen molar-refractivity contribution < 1.29 is 5.11 Å². The van der Waals surface area contributed by atoms with E-state index in [9.17, 15) is 0 Å². The van der Waals surface area contributed by atoms with Crippen LogP contribution in [0.25, 0.3) is 0 Å². The van der Waals surface area contributed by atoms with Gasteiger partial charge in [0.2, 0.25) is 0 Å². The van der Waals surface area contributed by atoms with E-state index in [2.05, 4.69) is 30.1 Å². The molecule has 0 atom stereocenters. The van der Waals surface area contributed by atoms with E-state index in [4.69, 9.17) is 10.8 Å². The van der Waals surface area contributed by atoms with Crippen LogP contribution in [0.4, 0.5) is 23.1 Å². The van der Waals surface area contributed by atoms with E-state index in [1.165, 1.54) is 6.33 Å². The van der Waals surface area contributed by atoms with Gasteiger partial charge in [0.1, 0.15) is 17.8 Å². The lowest BCUT2D eigenvalue weighted by Crippen LogP contribution is -2.47. The highest BCUT2D eigenvalue weighted by Gasteiger charge is 2.21. The van der Waals surface area contributed by atoms with Gasteiger partial charge in [0.05, 0.1) is 6.61 Å². The number of hydrogen-bond acceptors (Lipinski definition) is 8. The fourth-order valence-electron chi connectivity index (χ4n) is 2.79. The average molecular weight is 329 g/mol. The van der Waals surface area contributed by atoms with Crippen LogP contribution in [0.2, 0.25) is 0 Å². The zero-order valence-corrected chi connectivity index (χ0v) is 13.8. The zero-order chi connectivity index (χ0) is 16.9. The molecule has 0 amide bonds. The first-order chi connectivity index (χ1) is 11.7. The summed E-state index contributed by atoms with van der Waals surface area (Å²) in [5.74, 6) is 2.05. The molecule has 0 unspecified atom stereocenters. The Morgan fingerprint density at radius 3 is 2.67 bits per heavy atom. The summed E-state index contributed by atoms with van der Waals surface area (Å²) in [7, 11) is 0. The van der Waals surface area contributed by atoms with Crippen LogP contribution < -0.4 is 16.0 Å². The fraction of sp³-hybridized carbons (Fsp3) is 0.438. The monoisotopic (exact) mass is 329 g/mol. The summed E-state index contributed by atoms with van der Waals surface area (Å²) in [4.78, 5) is 17.3. The van der Waals surface area contributed by atoms with E-state index in [1.54, 1.807) is 6.20 Å². The SMILES string of the molecule is Cc1cccnc1Nc1ncnc(N2CCN(CCO)CC2)c1N. The van der Waals surface area contributed by atoms with Gasteiger partial charge in [-0.2, -0.15) is 0 Å². The summed E-state index contributed by atoms with van der Waals surface area (Å²) in [5.41, 5.74) is 7.84. The van der Waals surface area contributed by atoms with Gasteiger partial charge in [0, 0.05) is 38.9 Å². The van der Waals surface area contributed by atoms with Gasteiger partial charge in [-0.05, 0) is 18.6 Å². The number of pyridine rings is 1. The smallest absolute Gasteiger partial charge is 0.160 e. The number of hydrogen-bond donors (Lipinski definition) is 3. The van der Waals surface area contributed by atoms with Crippen molar-refractivity contribution in [2.24, 2.45) is 0 Å². The average Bonchev–Trinajstić information content (AvgIpc) is 2.60. The summed E-state index contributed by atoms with van der Waals surface area (Å²) in [6.45, 7) is 6.28. The second kappa shape index (κ2) is 7.41. The molecule has 0 aliphatic carbocycles. The van der Waals surface area contributed by atoms with Crippen molar-refractivity contribution in [3.05, 3.63) is 30.2 Å². The number of aliphatic hydroxyl groups excluding tert-OH is 1. The number of aromatic nitrogens is 3. The molecule has 2 aromatic heterocycles. The van der Waals surface area contributed by atoms with Crippen LogP contribution in [0.15, 0.2) is 24.7 Å². The maximum Gasteiger partial charge on any atom is 0.160 e. The van der Waals surface area contributed by atoms with Crippen LogP contribution in [0.5, 0.6) is 0 Å². The topological polar surface area (TPSA) is 103 Å². The molecule has 8 nitrogen and oxygen atoms in total. The third kappa shape index (κ3) is 3.55. The normalized spacial score (nSPS) is 15.5. The summed E-state index contributed by atoms with van der Waals surface area (Å²) >= 11 is 0. The van der Waals surface area contributed by atoms with Crippen molar-refractivity contribution in [3.63, 3.8) is 0 Å². The van der Waals surface area contributed by atoms with Crippen molar-refractivity contribution >= 4 is 23.1 Å². The first kappa shape index (κ1) is 16.4. The van der Waals surface area contributed by atoms with Gasteiger partial charge in [0.15, 0.2) is 11.6 Å². The molecule has 0 saturated carbocycles. The molecule has 3 heterocycles. The Balaban J connectivity index is 1.76. The Hall–Kier alpha value is -2.45. The van der Waals surface area contributed by atoms with Crippen molar-refractivity contribution in [1.82, 2.24) is 19.9 Å². The third-order valence-electron chi connectivity index (χ3n) is 4.20. The summed E-state index contributed by atoms with van der Waals surface area (Å²) in [5, 5.41) is 12.2. The zero-order valence-electron chi connectivity index (χ0n) is 13.8. The van der Waals surface area contributed by atoms with Crippen molar-refractivity contribution in [2.45, 2.75) is 6.92 Å². The van der Waals surface area contributed by atoms with Gasteiger partial charge in [0.25, 0.3) is 0 Å². The number of nitrogen functional groups attached to an aromatic ring is 1. The molecule has 2 aromatic rings. The molecule has 4 N–H and O–H groups in total. The number of aliphatic hydroxyl groups is 1. The largest absolute Gasteiger partial charge is 0.395 e. The minimum atomic E-state index is 0.188. The lowest BCUT2D eigenvalue weighted by Gasteiger charge is -2.35. The van der Waals surface area contributed by atoms with Crippen LogP contribution in [-0.4, -0.2) is 64.3 Å². The second-order valence-electron chi connectivity index (χ2n) is 5.81. The van der Waals surface area contributed by atoms with Gasteiger partial charge in [-0.3, -0.25) is 4.90 Å². The molecule has 3 rings (SSSR count). The number of nitrogens with zero attached hydrogens (tertiary/aromatic N) is 5. The van der Waals surface area contributed by atoms with Crippen molar-refractivity contribution in [3.8, 4) is 0 Å². The number of nitrogens with two attached hydrogens (primary N) is 1. The number of piperazine rings is 1. The number of anilines is 4. The van der Waals surface area contributed by atoms with Gasteiger partial charge >= 0.3 is 0 Å². The molecule has 0 aromatic carbocycles. The van der Waals surface area contributed by atoms with Crippen LogP contribution in [0.1, 0.15) is 5.56 Å². The van der Waals surface area contributed by atoms with Crippen LogP contribution >= 0.6 is 0 Å². The van der Waals surface area contributed by atoms with Gasteiger partial charge in [-0.15, -0.1) is 0 Å². The third-order valence-corrected chi connectivity index (χ3v) is 4.20. The van der Waals surface area contributed by atoms with E-state index in [1.807, 2.05) is 19.1 Å². The van der Waals surface area contributed by atoms with E-state index in [0.717, 1.165) is 43.4 Å². The molecule has 1 fully saturated rings. The second-order valence-corrected chi connectivity index (χ2v) is 5.81. The molecule has 24 heavy (non-hydrogen) atoms. The van der Waals surface area contributed by atoms with Gasteiger partial charge < -0.3 is 21.1 Å². The van der Waals surface area contributed by atoms with E-state index < -0.39 is 0 Å². The molecule has 0 radical (unpaired) electrons. The predicted molar refractivity (Wildman–Crippen MR) is 94.4 cm³/mol. The summed E-state index contributed by atoms with van der Waals surface area (Å²) in [6.07, 6.45) is 3.25. The Bertz CT molecular complexity index is 686. The number of rotatable bonds is 5. The fourth-order valence-corrected chi connectivity index (χ4v) is 2.79. The molecule has 1 aliphatic heterocycles. The minimum Gasteiger partial charge on any atom is -0.395 e. The first-order valence-corrected chi connectivity index (χ1v) is 8.06. The Morgan fingerprint density at radius 1 is 1.17 bits per heavy atom. The summed E-state index contributed by atoms with van der Waals surface area (Å²) in [6, 6.07) is 3.87. The standard InChI is InChI=1S/C16H23N7O/c1-12-3-2-4-18-14(12)21-15-13(17)16(20-11-19-15)23-7-5-22(6-8-23)9-10-24/h2-4,11,24H,5-10,17H2,1H3,(H,18,19,20,21). The van der Waals surface area contributed by atoms with Gasteiger partial charge in [-0.25, -0.2) is 15.0 Å². The van der Waals surface area contributed by atoms with Crippen molar-refractivity contribution in [1.29, 1.82) is 0 Å². The molecule has 1 saturated heterocycles. The molecular weight excluding hydrogens is 306 g/mol. The van der Waals surface area contributed by atoms with E-state index >= 15 is 0 Å². The maximum atomic E-state index is 9.03. The molecule has 0 spiro atoms. The first-order valence-electron chi connectivity index (χ1n) is 8.06. The molecule has 1 aliphatic rings. The quantitative estimate of drug-likeness (QED) is 0.733. The van der Waals surface area contributed by atoms with Crippen LogP contribution in [-0.2, 0) is 0 Å². The van der Waals surface area contributed by atoms with Crippen LogP contribution in [0, 0.1) is 6.92 Å². The molecule has 0 bridgehead atoms. The molecule has 8 heteroatoms. The van der Waals surface area contributed by atoms with E-state index in [0.29, 0.717) is 18.1 Å². The number of nitrogens with one attached hydrogen (secondary N) is 1. The number of aryl methyl sites for hydroxylation is 1. The maximum absolute atomic E-state index is 9.03. The summed E-state index contributed by atoms with van der Waals surface area (Å²) < 4.78 is 0. The Kier molecular flexibility index (Phi) is 5.07. The Morgan fingerprint density at radius 2 is 1.96 bits per heavy atom. The number of β-amino-alcohol motifs (C(OH)–C–C–N with tert-alkyl or cyclic N) is 1. The lowest BCUT2D eigenvalue weighted by atomic mass is 10.2. The minimum absolute atomic E-state index is 0.188. The lowest BCUT2D eigenvalue weighted by molar-refractivity contribution is 0.188. The molecular formula is C16H23N7O. The highest BCUT2D eigenvalue weighted by molar-refractivity contribution is 5.78. The van der Waals surface area contributed by atoms with E-state index in [-0.39, 0.29) is 6.61 Å². The highest BCUT2D eigenvalue weighted by Crippen LogP contribution is 2.29. The molecule has 128 valence electrons. The highest BCUT2D eigenvalue weighted by atomic mass is 16.3. The van der Waals surface area contributed by atoms with Gasteiger partial charge in [-0.1, -0.05) is 6.07 Å². The van der Waals surface area contributed by atoms with Crippen LogP contribution in [0.3, 0.4) is 0 Å².